The Hall–Kier alpha value is 0.290. The summed E-state index contributed by atoms with van der Waals surface area (Å²) in [6, 6.07) is 0. The van der Waals surface area contributed by atoms with Crippen LogP contribution < -0.4 is 0 Å². The summed E-state index contributed by atoms with van der Waals surface area (Å²) in [5, 5.41) is 0.445. The molecule has 0 aromatic heterocycles. The zero-order valence-electron chi connectivity index (χ0n) is 12.7. The summed E-state index contributed by atoms with van der Waals surface area (Å²) in [7, 11) is 0. The molecule has 0 aliphatic heterocycles. The number of hydrogen-bond acceptors (Lipinski definition) is 0. The van der Waals surface area contributed by atoms with Crippen LogP contribution in [-0.2, 0) is 0 Å². The van der Waals surface area contributed by atoms with Crippen LogP contribution in [0, 0.1) is 35.5 Å². The zero-order chi connectivity index (χ0) is 13.3. The van der Waals surface area contributed by atoms with Gasteiger partial charge in [0.05, 0.1) is 0 Å². The highest BCUT2D eigenvalue weighted by Gasteiger charge is 2.40. The molecule has 0 heterocycles. The molecule has 0 saturated heterocycles. The van der Waals surface area contributed by atoms with E-state index in [4.69, 9.17) is 11.6 Å². The minimum absolute atomic E-state index is 0.445. The maximum Gasteiger partial charge on any atom is 0.0369 e. The van der Waals surface area contributed by atoms with E-state index in [0.29, 0.717) is 5.38 Å². The van der Waals surface area contributed by atoms with Gasteiger partial charge in [-0.2, -0.15) is 0 Å². The Labute approximate surface area is 119 Å². The monoisotopic (exact) mass is 270 g/mol. The first-order valence-corrected chi connectivity index (χ1v) is 8.58. The molecule has 0 bridgehead atoms. The molecule has 2 aliphatic carbocycles. The minimum atomic E-state index is 0.445. The Morgan fingerprint density at radius 2 is 1.50 bits per heavy atom. The molecule has 2 rings (SSSR count). The van der Waals surface area contributed by atoms with Gasteiger partial charge in [0.15, 0.2) is 0 Å². The largest absolute Gasteiger partial charge is 0.123 e. The van der Waals surface area contributed by atoms with Gasteiger partial charge in [0, 0.05) is 5.38 Å². The molecular weight excluding hydrogens is 240 g/mol. The van der Waals surface area contributed by atoms with Crippen molar-refractivity contribution in [2.75, 3.05) is 0 Å². The van der Waals surface area contributed by atoms with Gasteiger partial charge in [-0.25, -0.2) is 0 Å². The van der Waals surface area contributed by atoms with Crippen molar-refractivity contribution in [2.45, 2.75) is 71.6 Å². The third-order valence-corrected chi connectivity index (χ3v) is 6.46. The SMILES string of the molecule is CC(C)C1CCCCC1C1CC(C)C(C)CC1Cl. The van der Waals surface area contributed by atoms with Crippen molar-refractivity contribution in [3.05, 3.63) is 0 Å². The van der Waals surface area contributed by atoms with Crippen LogP contribution in [0.25, 0.3) is 0 Å². The molecule has 18 heavy (non-hydrogen) atoms. The van der Waals surface area contributed by atoms with Crippen molar-refractivity contribution in [1.29, 1.82) is 0 Å². The lowest BCUT2D eigenvalue weighted by Crippen LogP contribution is -2.40. The van der Waals surface area contributed by atoms with Gasteiger partial charge in [-0.05, 0) is 61.2 Å². The first-order valence-electron chi connectivity index (χ1n) is 8.14. The molecule has 0 spiro atoms. The van der Waals surface area contributed by atoms with Gasteiger partial charge in [-0.1, -0.05) is 40.5 Å². The van der Waals surface area contributed by atoms with Crippen LogP contribution in [0.2, 0.25) is 0 Å². The molecular formula is C17H31Cl. The van der Waals surface area contributed by atoms with Gasteiger partial charge in [0.25, 0.3) is 0 Å². The quantitative estimate of drug-likeness (QED) is 0.562. The number of rotatable bonds is 2. The van der Waals surface area contributed by atoms with Crippen molar-refractivity contribution in [3.63, 3.8) is 0 Å². The number of hydrogen-bond donors (Lipinski definition) is 0. The standard InChI is InChI=1S/C17H31Cl/c1-11(2)14-7-5-6-8-15(14)16-9-12(3)13(4)10-17(16)18/h11-17H,5-10H2,1-4H3. The molecule has 106 valence electrons. The Kier molecular flexibility index (Phi) is 5.03. The highest BCUT2D eigenvalue weighted by molar-refractivity contribution is 6.20. The molecule has 2 saturated carbocycles. The third kappa shape index (κ3) is 3.06. The molecule has 0 radical (unpaired) electrons. The second kappa shape index (κ2) is 6.16. The van der Waals surface area contributed by atoms with E-state index in [1.165, 1.54) is 38.5 Å². The fraction of sp³-hybridized carbons (Fsp3) is 1.00. The smallest absolute Gasteiger partial charge is 0.0369 e. The van der Waals surface area contributed by atoms with E-state index in [1.807, 2.05) is 0 Å². The summed E-state index contributed by atoms with van der Waals surface area (Å²) < 4.78 is 0. The number of alkyl halides is 1. The van der Waals surface area contributed by atoms with Crippen molar-refractivity contribution in [2.24, 2.45) is 35.5 Å². The predicted octanol–water partition coefficient (Wildman–Crippen LogP) is 5.74. The summed E-state index contributed by atoms with van der Waals surface area (Å²) in [5.74, 6) is 5.19. The second-order valence-corrected chi connectivity index (χ2v) is 8.02. The Morgan fingerprint density at radius 3 is 2.17 bits per heavy atom. The van der Waals surface area contributed by atoms with E-state index in [2.05, 4.69) is 27.7 Å². The summed E-state index contributed by atoms with van der Waals surface area (Å²) in [6.45, 7) is 9.66. The zero-order valence-corrected chi connectivity index (χ0v) is 13.4. The highest BCUT2D eigenvalue weighted by atomic mass is 35.5. The molecule has 0 amide bonds. The van der Waals surface area contributed by atoms with Crippen LogP contribution >= 0.6 is 11.6 Å². The molecule has 2 aliphatic rings. The highest BCUT2D eigenvalue weighted by Crippen LogP contribution is 2.48. The summed E-state index contributed by atoms with van der Waals surface area (Å²) in [6.07, 6.45) is 8.41. The molecule has 1 heteroatoms. The minimum Gasteiger partial charge on any atom is -0.123 e. The van der Waals surface area contributed by atoms with Crippen LogP contribution in [0.3, 0.4) is 0 Å². The maximum atomic E-state index is 6.75. The molecule has 0 nitrogen and oxygen atoms in total. The second-order valence-electron chi connectivity index (χ2n) is 7.46. The predicted molar refractivity (Wildman–Crippen MR) is 81.0 cm³/mol. The topological polar surface area (TPSA) is 0 Å². The van der Waals surface area contributed by atoms with Crippen molar-refractivity contribution < 1.29 is 0 Å². The Bertz CT molecular complexity index is 260. The van der Waals surface area contributed by atoms with E-state index >= 15 is 0 Å². The van der Waals surface area contributed by atoms with Crippen molar-refractivity contribution >= 4 is 11.6 Å². The van der Waals surface area contributed by atoms with E-state index in [-0.39, 0.29) is 0 Å². The van der Waals surface area contributed by atoms with Gasteiger partial charge in [0.2, 0.25) is 0 Å². The molecule has 2 fully saturated rings. The first kappa shape index (κ1) is 14.7. The van der Waals surface area contributed by atoms with Crippen LogP contribution in [0.5, 0.6) is 0 Å². The Morgan fingerprint density at radius 1 is 0.889 bits per heavy atom. The maximum absolute atomic E-state index is 6.75. The van der Waals surface area contributed by atoms with Gasteiger partial charge in [-0.3, -0.25) is 0 Å². The lowest BCUT2D eigenvalue weighted by atomic mass is 9.62. The van der Waals surface area contributed by atoms with Crippen LogP contribution in [0.1, 0.15) is 66.2 Å². The van der Waals surface area contributed by atoms with E-state index < -0.39 is 0 Å². The number of halogens is 1. The fourth-order valence-electron chi connectivity index (χ4n) is 4.56. The summed E-state index contributed by atoms with van der Waals surface area (Å²) >= 11 is 6.75. The third-order valence-electron chi connectivity index (χ3n) is 5.96. The normalized spacial score (nSPS) is 46.3. The molecule has 0 N–H and O–H groups in total. The van der Waals surface area contributed by atoms with Crippen molar-refractivity contribution in [1.82, 2.24) is 0 Å². The lowest BCUT2D eigenvalue weighted by Gasteiger charge is -2.46. The summed E-state index contributed by atoms with van der Waals surface area (Å²) in [4.78, 5) is 0. The lowest BCUT2D eigenvalue weighted by molar-refractivity contribution is 0.0705. The van der Waals surface area contributed by atoms with Gasteiger partial charge in [-0.15, -0.1) is 11.6 Å². The van der Waals surface area contributed by atoms with Gasteiger partial charge in [0.1, 0.15) is 0 Å². The molecule has 0 aromatic rings. The van der Waals surface area contributed by atoms with E-state index in [0.717, 1.165) is 35.5 Å². The molecule has 6 atom stereocenters. The average Bonchev–Trinajstić information content (AvgIpc) is 2.34. The fourth-order valence-corrected chi connectivity index (χ4v) is 5.13. The average molecular weight is 271 g/mol. The van der Waals surface area contributed by atoms with E-state index in [1.54, 1.807) is 0 Å². The Balaban J connectivity index is 2.08. The van der Waals surface area contributed by atoms with E-state index in [9.17, 15) is 0 Å². The van der Waals surface area contributed by atoms with Gasteiger partial charge >= 0.3 is 0 Å². The van der Waals surface area contributed by atoms with Crippen LogP contribution in [-0.4, -0.2) is 5.38 Å². The van der Waals surface area contributed by atoms with Crippen LogP contribution in [0.15, 0.2) is 0 Å². The first-order chi connectivity index (χ1) is 8.50. The molecule has 6 unspecified atom stereocenters. The van der Waals surface area contributed by atoms with Crippen LogP contribution in [0.4, 0.5) is 0 Å². The molecule has 0 aromatic carbocycles. The van der Waals surface area contributed by atoms with Gasteiger partial charge < -0.3 is 0 Å². The summed E-state index contributed by atoms with van der Waals surface area (Å²) in [5.41, 5.74) is 0. The van der Waals surface area contributed by atoms with Crippen molar-refractivity contribution in [3.8, 4) is 0 Å².